The van der Waals surface area contributed by atoms with Crippen molar-refractivity contribution in [2.75, 3.05) is 45.3 Å². The highest BCUT2D eigenvalue weighted by Crippen LogP contribution is 2.31. The van der Waals surface area contributed by atoms with Crippen LogP contribution in [-0.2, 0) is 4.79 Å². The molecule has 34 heavy (non-hydrogen) atoms. The summed E-state index contributed by atoms with van der Waals surface area (Å²) >= 11 is 0. The van der Waals surface area contributed by atoms with Gasteiger partial charge in [-0.1, -0.05) is 48.6 Å². The van der Waals surface area contributed by atoms with Gasteiger partial charge >= 0.3 is 0 Å². The van der Waals surface area contributed by atoms with E-state index < -0.39 is 0 Å². The zero-order valence-corrected chi connectivity index (χ0v) is 19.4. The summed E-state index contributed by atoms with van der Waals surface area (Å²) in [5, 5.41) is 0. The zero-order chi connectivity index (χ0) is 23.8. The van der Waals surface area contributed by atoms with Crippen LogP contribution in [0.25, 0.3) is 11.6 Å². The first-order valence-electron chi connectivity index (χ1n) is 11.2. The highest BCUT2D eigenvalue weighted by Gasteiger charge is 2.25. The molecule has 4 rings (SSSR count). The number of amides is 1. The maximum atomic E-state index is 13.6. The summed E-state index contributed by atoms with van der Waals surface area (Å²) in [5.74, 6) is 1.86. The zero-order valence-electron chi connectivity index (χ0n) is 19.4. The fourth-order valence-electron chi connectivity index (χ4n) is 3.85. The third-order valence-corrected chi connectivity index (χ3v) is 5.68. The van der Waals surface area contributed by atoms with Gasteiger partial charge in [0, 0.05) is 44.1 Å². The average molecular weight is 457 g/mol. The normalized spacial score (nSPS) is 14.4. The summed E-state index contributed by atoms with van der Waals surface area (Å²) in [6.07, 6.45) is 9.23. The lowest BCUT2D eigenvalue weighted by Gasteiger charge is -2.35. The number of anilines is 1. The van der Waals surface area contributed by atoms with Gasteiger partial charge in [0.15, 0.2) is 11.5 Å². The maximum absolute atomic E-state index is 13.6. The van der Waals surface area contributed by atoms with Crippen LogP contribution in [0, 0.1) is 0 Å². The quantitative estimate of drug-likeness (QED) is 0.396. The van der Waals surface area contributed by atoms with Crippen LogP contribution >= 0.6 is 0 Å². The third kappa shape index (κ3) is 5.43. The third-order valence-electron chi connectivity index (χ3n) is 5.68. The molecule has 3 aromatic rings. The minimum Gasteiger partial charge on any atom is -0.493 e. The van der Waals surface area contributed by atoms with Gasteiger partial charge in [-0.05, 0) is 35.4 Å². The molecule has 0 N–H and O–H groups in total. The molecule has 1 aromatic heterocycles. The summed E-state index contributed by atoms with van der Waals surface area (Å²) in [5.41, 5.74) is 2.43. The van der Waals surface area contributed by atoms with E-state index >= 15 is 0 Å². The Balaban J connectivity index is 1.58. The number of rotatable bonds is 7. The van der Waals surface area contributed by atoms with Gasteiger partial charge < -0.3 is 19.3 Å². The molecule has 1 aliphatic rings. The Morgan fingerprint density at radius 2 is 1.59 bits per heavy atom. The molecule has 2 aromatic carbocycles. The molecule has 0 saturated carbocycles. The van der Waals surface area contributed by atoms with Gasteiger partial charge in [0.1, 0.15) is 0 Å². The first-order chi connectivity index (χ1) is 16.7. The Hall–Kier alpha value is -4.13. The van der Waals surface area contributed by atoms with Crippen molar-refractivity contribution >= 4 is 23.5 Å². The van der Waals surface area contributed by atoms with Crippen LogP contribution in [0.2, 0.25) is 0 Å². The number of hydrogen-bond acceptors (Lipinski definition) is 6. The second kappa shape index (κ2) is 11.1. The van der Waals surface area contributed by atoms with E-state index in [0.717, 1.165) is 11.1 Å². The van der Waals surface area contributed by atoms with Gasteiger partial charge in [0.2, 0.25) is 5.95 Å². The van der Waals surface area contributed by atoms with E-state index in [1.807, 2.05) is 71.7 Å². The molecule has 2 heterocycles. The minimum absolute atomic E-state index is 0.0291. The Morgan fingerprint density at radius 1 is 0.882 bits per heavy atom. The number of methoxy groups -OCH3 is 2. The predicted molar refractivity (Wildman–Crippen MR) is 134 cm³/mol. The molecule has 7 heteroatoms. The summed E-state index contributed by atoms with van der Waals surface area (Å²) in [4.78, 5) is 26.3. The van der Waals surface area contributed by atoms with Gasteiger partial charge in [0.05, 0.1) is 14.2 Å². The van der Waals surface area contributed by atoms with Crippen molar-refractivity contribution < 1.29 is 14.3 Å². The standard InChI is InChI=1S/C27H28N4O3/c1-33-24-13-12-22(20-25(24)34-2)23(11-6-10-21-8-4-3-5-9-21)26(32)30-16-18-31(19-17-30)27-28-14-7-15-29-27/h3-15,20H,16-19H2,1-2H3/b10-6+,23-11+. The fourth-order valence-corrected chi connectivity index (χ4v) is 3.85. The average Bonchev–Trinajstić information content (AvgIpc) is 2.91. The van der Waals surface area contributed by atoms with Crippen molar-refractivity contribution in [3.63, 3.8) is 0 Å². The number of nitrogens with zero attached hydrogens (tertiary/aromatic N) is 4. The van der Waals surface area contributed by atoms with Gasteiger partial charge in [0.25, 0.3) is 5.91 Å². The van der Waals surface area contributed by atoms with Crippen LogP contribution in [0.5, 0.6) is 11.5 Å². The number of hydrogen-bond donors (Lipinski definition) is 0. The number of aromatic nitrogens is 2. The summed E-state index contributed by atoms with van der Waals surface area (Å²) in [6, 6.07) is 17.3. The van der Waals surface area contributed by atoms with E-state index in [2.05, 4.69) is 14.9 Å². The summed E-state index contributed by atoms with van der Waals surface area (Å²) < 4.78 is 10.8. The molecular weight excluding hydrogens is 428 g/mol. The summed E-state index contributed by atoms with van der Waals surface area (Å²) in [6.45, 7) is 2.53. The van der Waals surface area contributed by atoms with Gasteiger partial charge in [-0.15, -0.1) is 0 Å². The van der Waals surface area contributed by atoms with Crippen molar-refractivity contribution in [1.82, 2.24) is 14.9 Å². The van der Waals surface area contributed by atoms with Crippen LogP contribution in [0.15, 0.2) is 79.1 Å². The van der Waals surface area contributed by atoms with Crippen LogP contribution in [0.1, 0.15) is 11.1 Å². The maximum Gasteiger partial charge on any atom is 0.254 e. The highest BCUT2D eigenvalue weighted by molar-refractivity contribution is 6.20. The fraction of sp³-hybridized carbons (Fsp3) is 0.222. The number of ether oxygens (including phenoxy) is 2. The van der Waals surface area contributed by atoms with Gasteiger partial charge in [-0.3, -0.25) is 4.79 Å². The molecule has 0 atom stereocenters. The van der Waals surface area contributed by atoms with Crippen LogP contribution in [-0.4, -0.2) is 61.2 Å². The van der Waals surface area contributed by atoms with E-state index in [4.69, 9.17) is 9.47 Å². The Bertz CT molecular complexity index is 1160. The first-order valence-corrected chi connectivity index (χ1v) is 11.2. The van der Waals surface area contributed by atoms with Crippen molar-refractivity contribution in [2.24, 2.45) is 0 Å². The number of allylic oxidation sites excluding steroid dienone is 2. The van der Waals surface area contributed by atoms with Crippen molar-refractivity contribution in [2.45, 2.75) is 0 Å². The number of piperazine rings is 1. The second-order valence-electron chi connectivity index (χ2n) is 7.75. The van der Waals surface area contributed by atoms with E-state index in [1.165, 1.54) is 0 Å². The highest BCUT2D eigenvalue weighted by atomic mass is 16.5. The van der Waals surface area contributed by atoms with Crippen molar-refractivity contribution in [1.29, 1.82) is 0 Å². The molecule has 1 amide bonds. The van der Waals surface area contributed by atoms with E-state index in [0.29, 0.717) is 49.2 Å². The Labute approximate surface area is 200 Å². The number of benzene rings is 2. The lowest BCUT2D eigenvalue weighted by molar-refractivity contribution is -0.125. The SMILES string of the molecule is COc1ccc(/C(=C\C=C\c2ccccc2)C(=O)N2CCN(c3ncccn3)CC2)cc1OC. The minimum atomic E-state index is -0.0291. The van der Waals surface area contributed by atoms with E-state index in [9.17, 15) is 4.79 Å². The molecule has 0 bridgehead atoms. The Kier molecular flexibility index (Phi) is 7.55. The van der Waals surface area contributed by atoms with Crippen LogP contribution in [0.3, 0.4) is 0 Å². The molecule has 174 valence electrons. The molecule has 1 saturated heterocycles. The number of carbonyl (C=O) groups is 1. The molecular formula is C27H28N4O3. The molecule has 0 aliphatic carbocycles. The van der Waals surface area contributed by atoms with E-state index in [1.54, 1.807) is 32.7 Å². The smallest absolute Gasteiger partial charge is 0.254 e. The molecule has 7 nitrogen and oxygen atoms in total. The van der Waals surface area contributed by atoms with Crippen LogP contribution in [0.4, 0.5) is 5.95 Å². The monoisotopic (exact) mass is 456 g/mol. The lowest BCUT2D eigenvalue weighted by atomic mass is 10.0. The van der Waals surface area contributed by atoms with E-state index in [-0.39, 0.29) is 5.91 Å². The largest absolute Gasteiger partial charge is 0.493 e. The molecule has 0 unspecified atom stereocenters. The summed E-state index contributed by atoms with van der Waals surface area (Å²) in [7, 11) is 3.19. The number of carbonyl (C=O) groups excluding carboxylic acids is 1. The van der Waals surface area contributed by atoms with Crippen molar-refractivity contribution in [3.05, 3.63) is 90.3 Å². The van der Waals surface area contributed by atoms with Gasteiger partial charge in [-0.2, -0.15) is 0 Å². The topological polar surface area (TPSA) is 67.8 Å². The molecule has 0 radical (unpaired) electrons. The molecule has 1 aliphatic heterocycles. The predicted octanol–water partition coefficient (Wildman–Crippen LogP) is 3.94. The van der Waals surface area contributed by atoms with Crippen LogP contribution < -0.4 is 14.4 Å². The first kappa shape index (κ1) is 23.0. The Morgan fingerprint density at radius 3 is 2.26 bits per heavy atom. The molecule has 1 fully saturated rings. The van der Waals surface area contributed by atoms with Gasteiger partial charge in [-0.25, -0.2) is 9.97 Å². The second-order valence-corrected chi connectivity index (χ2v) is 7.75. The molecule has 0 spiro atoms. The van der Waals surface area contributed by atoms with Crippen molar-refractivity contribution in [3.8, 4) is 11.5 Å². The lowest BCUT2D eigenvalue weighted by Crippen LogP contribution is -2.49.